The van der Waals surface area contributed by atoms with Gasteiger partial charge in [0, 0.05) is 17.4 Å². The third kappa shape index (κ3) is 1.68. The monoisotopic (exact) mass is 295 g/mol. The molecule has 102 valence electrons. The molecule has 3 aromatic rings. The van der Waals surface area contributed by atoms with Crippen molar-refractivity contribution in [1.29, 1.82) is 0 Å². The fourth-order valence-electron chi connectivity index (χ4n) is 3.03. The van der Waals surface area contributed by atoms with Gasteiger partial charge < -0.3 is 5.11 Å². The van der Waals surface area contributed by atoms with Crippen LogP contribution < -0.4 is 0 Å². The highest BCUT2D eigenvalue weighted by Crippen LogP contribution is 2.40. The molecule has 3 nitrogen and oxygen atoms in total. The lowest BCUT2D eigenvalue weighted by atomic mass is 10.0. The van der Waals surface area contributed by atoms with Gasteiger partial charge in [0.2, 0.25) is 0 Å². The number of carboxylic acids is 1. The summed E-state index contributed by atoms with van der Waals surface area (Å²) in [6.07, 6.45) is 0.600. The third-order valence-electron chi connectivity index (χ3n) is 3.92. The number of halogens is 1. The largest absolute Gasteiger partial charge is 0.478 e. The maximum Gasteiger partial charge on any atom is 0.336 e. The number of fused-ring (bicyclic) bond motifs is 4. The Morgan fingerprint density at radius 2 is 1.95 bits per heavy atom. The van der Waals surface area contributed by atoms with Crippen molar-refractivity contribution in [3.05, 3.63) is 64.2 Å². The summed E-state index contributed by atoms with van der Waals surface area (Å²) in [4.78, 5) is 16.4. The predicted molar refractivity (Wildman–Crippen MR) is 82.0 cm³/mol. The van der Waals surface area contributed by atoms with Gasteiger partial charge in [0.05, 0.1) is 21.8 Å². The second-order valence-corrected chi connectivity index (χ2v) is 5.50. The summed E-state index contributed by atoms with van der Waals surface area (Å²) in [5, 5.41) is 10.7. The zero-order chi connectivity index (χ0) is 14.6. The molecule has 0 saturated heterocycles. The highest BCUT2D eigenvalue weighted by atomic mass is 35.5. The van der Waals surface area contributed by atoms with E-state index >= 15 is 0 Å². The van der Waals surface area contributed by atoms with E-state index in [0.717, 1.165) is 22.4 Å². The van der Waals surface area contributed by atoms with Crippen LogP contribution in [0.2, 0.25) is 5.02 Å². The zero-order valence-electron chi connectivity index (χ0n) is 10.9. The fourth-order valence-corrected chi connectivity index (χ4v) is 3.24. The van der Waals surface area contributed by atoms with Gasteiger partial charge in [-0.2, -0.15) is 0 Å². The number of aromatic carboxylic acids is 1. The van der Waals surface area contributed by atoms with E-state index in [1.165, 1.54) is 0 Å². The van der Waals surface area contributed by atoms with E-state index in [-0.39, 0.29) is 0 Å². The first-order valence-corrected chi connectivity index (χ1v) is 6.97. The number of para-hydroxylation sites is 1. The average Bonchev–Trinajstić information content (AvgIpc) is 2.83. The lowest BCUT2D eigenvalue weighted by Crippen LogP contribution is -2.05. The highest BCUT2D eigenvalue weighted by Gasteiger charge is 2.27. The van der Waals surface area contributed by atoms with Crippen LogP contribution in [0.15, 0.2) is 42.5 Å². The van der Waals surface area contributed by atoms with Gasteiger partial charge in [-0.15, -0.1) is 0 Å². The lowest BCUT2D eigenvalue weighted by molar-refractivity contribution is 0.0698. The molecule has 1 aliphatic rings. The Kier molecular flexibility index (Phi) is 2.53. The van der Waals surface area contributed by atoms with Gasteiger partial charge in [0.15, 0.2) is 0 Å². The molecule has 4 rings (SSSR count). The molecular weight excluding hydrogens is 286 g/mol. The minimum atomic E-state index is -0.936. The van der Waals surface area contributed by atoms with Crippen molar-refractivity contribution in [2.45, 2.75) is 6.42 Å². The quantitative estimate of drug-likeness (QED) is 0.574. The number of hydrogen-bond acceptors (Lipinski definition) is 2. The Balaban J connectivity index is 2.18. The smallest absolute Gasteiger partial charge is 0.336 e. The second kappa shape index (κ2) is 4.30. The molecule has 2 aromatic carbocycles. The average molecular weight is 296 g/mol. The van der Waals surface area contributed by atoms with Gasteiger partial charge in [0.25, 0.3) is 0 Å². The van der Waals surface area contributed by atoms with Crippen LogP contribution in [0.3, 0.4) is 0 Å². The van der Waals surface area contributed by atoms with Crippen molar-refractivity contribution in [1.82, 2.24) is 4.98 Å². The van der Waals surface area contributed by atoms with E-state index in [9.17, 15) is 9.90 Å². The topological polar surface area (TPSA) is 50.2 Å². The molecule has 1 aliphatic carbocycles. The van der Waals surface area contributed by atoms with Crippen LogP contribution in [0.1, 0.15) is 21.5 Å². The number of rotatable bonds is 1. The van der Waals surface area contributed by atoms with E-state index in [4.69, 9.17) is 11.6 Å². The Labute approximate surface area is 125 Å². The molecule has 1 N–H and O–H groups in total. The number of carboxylic acid groups (broad SMARTS) is 1. The van der Waals surface area contributed by atoms with Crippen LogP contribution in [-0.2, 0) is 6.42 Å². The third-order valence-corrected chi connectivity index (χ3v) is 4.23. The van der Waals surface area contributed by atoms with Crippen molar-refractivity contribution in [3.8, 4) is 11.3 Å². The van der Waals surface area contributed by atoms with Crippen molar-refractivity contribution in [2.75, 3.05) is 0 Å². The summed E-state index contributed by atoms with van der Waals surface area (Å²) in [6, 6.07) is 13.1. The molecule has 0 radical (unpaired) electrons. The number of hydrogen-bond donors (Lipinski definition) is 1. The summed E-state index contributed by atoms with van der Waals surface area (Å²) in [6.45, 7) is 0. The fraction of sp³-hybridized carbons (Fsp3) is 0.0588. The molecule has 0 spiro atoms. The van der Waals surface area contributed by atoms with Gasteiger partial charge in [0.1, 0.15) is 0 Å². The van der Waals surface area contributed by atoms with Crippen molar-refractivity contribution < 1.29 is 9.90 Å². The Morgan fingerprint density at radius 1 is 1.14 bits per heavy atom. The van der Waals surface area contributed by atoms with E-state index < -0.39 is 5.97 Å². The SMILES string of the molecule is O=C(O)c1c2c(nc3c(Cl)cccc13)-c1ccccc1C2. The molecule has 4 heteroatoms. The first-order chi connectivity index (χ1) is 10.2. The minimum Gasteiger partial charge on any atom is -0.478 e. The predicted octanol–water partition coefficient (Wildman–Crippen LogP) is 4.16. The summed E-state index contributed by atoms with van der Waals surface area (Å²) >= 11 is 6.21. The molecule has 1 aromatic heterocycles. The number of nitrogens with zero attached hydrogens (tertiary/aromatic N) is 1. The first kappa shape index (κ1) is 12.4. The normalized spacial score (nSPS) is 12.2. The van der Waals surface area contributed by atoms with Crippen LogP contribution in [-0.4, -0.2) is 16.1 Å². The number of carbonyl (C=O) groups is 1. The standard InChI is InChI=1S/C17H10ClNO2/c18-13-7-3-6-11-14(17(20)21)12-8-9-4-1-2-5-10(9)15(12)19-16(11)13/h1-7H,8H2,(H,20,21). The summed E-state index contributed by atoms with van der Waals surface area (Å²) < 4.78 is 0. The summed E-state index contributed by atoms with van der Waals surface area (Å²) in [5.74, 6) is -0.936. The van der Waals surface area contributed by atoms with Crippen LogP contribution in [0.5, 0.6) is 0 Å². The molecule has 0 atom stereocenters. The maximum atomic E-state index is 11.8. The number of aromatic nitrogens is 1. The van der Waals surface area contributed by atoms with E-state index in [1.54, 1.807) is 18.2 Å². The molecule has 0 fully saturated rings. The van der Waals surface area contributed by atoms with Crippen LogP contribution in [0.25, 0.3) is 22.2 Å². The molecule has 0 aliphatic heterocycles. The molecule has 21 heavy (non-hydrogen) atoms. The van der Waals surface area contributed by atoms with Gasteiger partial charge in [-0.25, -0.2) is 9.78 Å². The van der Waals surface area contributed by atoms with Crippen LogP contribution >= 0.6 is 11.6 Å². The second-order valence-electron chi connectivity index (χ2n) is 5.09. The van der Waals surface area contributed by atoms with Crippen molar-refractivity contribution in [3.63, 3.8) is 0 Å². The van der Waals surface area contributed by atoms with Gasteiger partial charge in [-0.3, -0.25) is 0 Å². The van der Waals surface area contributed by atoms with Gasteiger partial charge >= 0.3 is 5.97 Å². The van der Waals surface area contributed by atoms with Crippen LogP contribution in [0, 0.1) is 0 Å². The Bertz CT molecular complexity index is 918. The highest BCUT2D eigenvalue weighted by molar-refractivity contribution is 6.35. The van der Waals surface area contributed by atoms with E-state index in [2.05, 4.69) is 4.98 Å². The lowest BCUT2D eigenvalue weighted by Gasteiger charge is -2.09. The summed E-state index contributed by atoms with van der Waals surface area (Å²) in [7, 11) is 0. The number of pyridine rings is 1. The van der Waals surface area contributed by atoms with E-state index in [1.807, 2.05) is 24.3 Å². The minimum absolute atomic E-state index is 0.314. The van der Waals surface area contributed by atoms with Crippen molar-refractivity contribution >= 4 is 28.5 Å². The molecule has 1 heterocycles. The van der Waals surface area contributed by atoms with Crippen molar-refractivity contribution in [2.24, 2.45) is 0 Å². The number of benzene rings is 2. The molecular formula is C17H10ClNO2. The van der Waals surface area contributed by atoms with Gasteiger partial charge in [-0.1, -0.05) is 48.0 Å². The molecule has 0 amide bonds. The van der Waals surface area contributed by atoms with Gasteiger partial charge in [-0.05, 0) is 17.2 Å². The molecule has 0 unspecified atom stereocenters. The first-order valence-electron chi connectivity index (χ1n) is 6.59. The molecule has 0 saturated carbocycles. The summed E-state index contributed by atoms with van der Waals surface area (Å²) in [5.41, 5.74) is 4.48. The maximum absolute atomic E-state index is 11.8. The Morgan fingerprint density at radius 3 is 2.76 bits per heavy atom. The van der Waals surface area contributed by atoms with E-state index in [0.29, 0.717) is 27.9 Å². The Hall–Kier alpha value is -2.39. The molecule has 0 bridgehead atoms. The van der Waals surface area contributed by atoms with Crippen LogP contribution in [0.4, 0.5) is 0 Å². The zero-order valence-corrected chi connectivity index (χ0v) is 11.7.